The standard InChI is InChI=1S/C33H44N4O11/c1-15(38)47-14-48-31(45)37(13-32(2,3)4)12-17-11-20(35(5)6)18-9-16-10-19-24(36(7)8)27(41)23(30(34)44)29(43)33(19,46)28(42)21(16)26(40)22(18)25(17)39/h11,16,19,24,39-40,43,46H,9-10,12-14H2,1-8H3,(H2,34,44)/t16-,19-,24-,33-/m0/s1. The van der Waals surface area contributed by atoms with Crippen LogP contribution in [0.15, 0.2) is 23.0 Å². The van der Waals surface area contributed by atoms with E-state index in [1.165, 1.54) is 30.8 Å². The van der Waals surface area contributed by atoms with Crippen molar-refractivity contribution in [2.75, 3.05) is 46.4 Å². The number of anilines is 1. The van der Waals surface area contributed by atoms with Crippen LogP contribution >= 0.6 is 0 Å². The number of benzene rings is 1. The first kappa shape index (κ1) is 36.2. The molecule has 0 unspecified atom stereocenters. The number of hydrogen-bond donors (Lipinski definition) is 5. The zero-order chi connectivity index (χ0) is 36.2. The Morgan fingerprint density at radius 3 is 2.21 bits per heavy atom. The normalized spacial score (nSPS) is 23.8. The third-order valence-corrected chi connectivity index (χ3v) is 8.99. The molecule has 0 aliphatic heterocycles. The van der Waals surface area contributed by atoms with Crippen molar-refractivity contribution in [2.24, 2.45) is 23.0 Å². The molecule has 0 radical (unpaired) electrons. The third-order valence-electron chi connectivity index (χ3n) is 8.99. The van der Waals surface area contributed by atoms with E-state index in [9.17, 15) is 44.4 Å². The van der Waals surface area contributed by atoms with Gasteiger partial charge in [-0.2, -0.15) is 0 Å². The molecule has 0 bridgehead atoms. The van der Waals surface area contributed by atoms with E-state index in [1.54, 1.807) is 25.1 Å². The predicted octanol–water partition coefficient (Wildman–Crippen LogP) is 1.54. The molecule has 1 fully saturated rings. The smallest absolute Gasteiger partial charge is 0.412 e. The number of aliphatic hydroxyl groups excluding tert-OH is 2. The fraction of sp³-hybridized carbons (Fsp3) is 0.545. The molecule has 4 rings (SSSR count). The van der Waals surface area contributed by atoms with Gasteiger partial charge in [0.1, 0.15) is 22.8 Å². The van der Waals surface area contributed by atoms with Crippen molar-refractivity contribution in [3.05, 3.63) is 39.7 Å². The average Bonchev–Trinajstić information content (AvgIpc) is 2.94. The second-order valence-corrected chi connectivity index (χ2v) is 14.2. The first-order chi connectivity index (χ1) is 22.1. The molecule has 0 heterocycles. The maximum atomic E-state index is 14.2. The molecule has 1 saturated carbocycles. The van der Waals surface area contributed by atoms with E-state index in [4.69, 9.17) is 15.2 Å². The highest BCUT2D eigenvalue weighted by atomic mass is 16.7. The second kappa shape index (κ2) is 12.8. The van der Waals surface area contributed by atoms with Crippen molar-refractivity contribution in [2.45, 2.75) is 58.7 Å². The largest absolute Gasteiger partial charge is 0.508 e. The van der Waals surface area contributed by atoms with Gasteiger partial charge in [0.15, 0.2) is 11.4 Å². The summed E-state index contributed by atoms with van der Waals surface area (Å²) in [5.74, 6) is -8.11. The molecule has 3 aliphatic rings. The summed E-state index contributed by atoms with van der Waals surface area (Å²) in [7, 11) is 6.56. The number of carbonyl (C=O) groups is 5. The van der Waals surface area contributed by atoms with Gasteiger partial charge in [-0.1, -0.05) is 20.8 Å². The Kier molecular flexibility index (Phi) is 9.63. The molecule has 4 atom stereocenters. The number of aromatic hydroxyl groups is 1. The number of ether oxygens (including phenoxy) is 2. The fourth-order valence-corrected chi connectivity index (χ4v) is 7.08. The van der Waals surface area contributed by atoms with Crippen LogP contribution in [0.25, 0.3) is 5.76 Å². The monoisotopic (exact) mass is 672 g/mol. The van der Waals surface area contributed by atoms with Crippen LogP contribution < -0.4 is 10.6 Å². The number of aliphatic hydroxyl groups is 3. The minimum absolute atomic E-state index is 0.0469. The van der Waals surface area contributed by atoms with Crippen LogP contribution in [0, 0.1) is 17.3 Å². The number of carbonyl (C=O) groups excluding carboxylic acids is 5. The molecule has 0 spiro atoms. The number of phenolic OH excluding ortho intramolecular Hbond substituents is 1. The van der Waals surface area contributed by atoms with Gasteiger partial charge in [-0.3, -0.25) is 24.1 Å². The first-order valence-electron chi connectivity index (χ1n) is 15.4. The number of phenols is 1. The molecular formula is C33H44N4O11. The highest BCUT2D eigenvalue weighted by Crippen LogP contribution is 2.54. The van der Waals surface area contributed by atoms with Crippen LogP contribution in [0.3, 0.4) is 0 Å². The van der Waals surface area contributed by atoms with Crippen LogP contribution in [0.5, 0.6) is 5.75 Å². The van der Waals surface area contributed by atoms with Gasteiger partial charge in [0.05, 0.1) is 18.2 Å². The van der Waals surface area contributed by atoms with E-state index in [0.717, 1.165) is 0 Å². The number of hydrogen-bond acceptors (Lipinski definition) is 13. The summed E-state index contributed by atoms with van der Waals surface area (Å²) in [4.78, 5) is 68.6. The number of nitrogens with two attached hydrogens (primary N) is 1. The van der Waals surface area contributed by atoms with E-state index in [-0.39, 0.29) is 42.6 Å². The molecule has 48 heavy (non-hydrogen) atoms. The predicted molar refractivity (Wildman–Crippen MR) is 172 cm³/mol. The van der Waals surface area contributed by atoms with Gasteiger partial charge in [0.2, 0.25) is 12.6 Å². The van der Waals surface area contributed by atoms with Crippen LogP contribution in [0.2, 0.25) is 0 Å². The van der Waals surface area contributed by atoms with Crippen LogP contribution in [-0.4, -0.2) is 113 Å². The summed E-state index contributed by atoms with van der Waals surface area (Å²) in [6, 6.07) is 0.462. The lowest BCUT2D eigenvalue weighted by Crippen LogP contribution is -2.65. The van der Waals surface area contributed by atoms with Crippen molar-refractivity contribution in [1.29, 1.82) is 0 Å². The quantitative estimate of drug-likeness (QED) is 0.150. The van der Waals surface area contributed by atoms with E-state index in [2.05, 4.69) is 0 Å². The zero-order valence-electron chi connectivity index (χ0n) is 28.4. The molecule has 1 aromatic rings. The maximum Gasteiger partial charge on any atom is 0.412 e. The van der Waals surface area contributed by atoms with Crippen molar-refractivity contribution in [1.82, 2.24) is 9.80 Å². The van der Waals surface area contributed by atoms with E-state index < -0.39 is 88.1 Å². The fourth-order valence-electron chi connectivity index (χ4n) is 7.08. The number of Topliss-reactive ketones (excluding diaryl/α,β-unsaturated/α-hetero) is 2. The minimum Gasteiger partial charge on any atom is -0.508 e. The number of rotatable bonds is 8. The van der Waals surface area contributed by atoms with Gasteiger partial charge in [-0.05, 0) is 49.9 Å². The molecule has 15 nitrogen and oxygen atoms in total. The van der Waals surface area contributed by atoms with Crippen molar-refractivity contribution < 1.29 is 53.9 Å². The number of likely N-dealkylation sites (N-methyl/N-ethyl adjacent to an activating group) is 1. The van der Waals surface area contributed by atoms with Gasteiger partial charge < -0.3 is 45.4 Å². The summed E-state index contributed by atoms with van der Waals surface area (Å²) in [6.07, 6.45) is -0.774. The molecule has 15 heteroatoms. The number of primary amides is 1. The average molecular weight is 673 g/mol. The van der Waals surface area contributed by atoms with Gasteiger partial charge in [-0.15, -0.1) is 0 Å². The zero-order valence-corrected chi connectivity index (χ0v) is 28.4. The number of esters is 1. The molecule has 0 aromatic heterocycles. The number of nitrogens with zero attached hydrogens (tertiary/aromatic N) is 3. The highest BCUT2D eigenvalue weighted by Gasteiger charge is 2.64. The Morgan fingerprint density at radius 1 is 1.06 bits per heavy atom. The highest BCUT2D eigenvalue weighted by molar-refractivity contribution is 6.24. The Morgan fingerprint density at radius 2 is 1.69 bits per heavy atom. The summed E-state index contributed by atoms with van der Waals surface area (Å²) < 4.78 is 9.87. The lowest BCUT2D eigenvalue weighted by Gasteiger charge is -2.50. The van der Waals surface area contributed by atoms with Gasteiger partial charge in [-0.25, -0.2) is 4.79 Å². The van der Waals surface area contributed by atoms with Gasteiger partial charge >= 0.3 is 12.1 Å². The Balaban J connectivity index is 1.88. The summed E-state index contributed by atoms with van der Waals surface area (Å²) >= 11 is 0. The summed E-state index contributed by atoms with van der Waals surface area (Å²) in [5.41, 5.74) is 2.15. The lowest BCUT2D eigenvalue weighted by atomic mass is 9.57. The van der Waals surface area contributed by atoms with E-state index in [1.807, 2.05) is 20.8 Å². The molecular weight excluding hydrogens is 628 g/mol. The Bertz CT molecular complexity index is 1640. The molecule has 0 saturated heterocycles. The number of fused-ring (bicyclic) bond motifs is 3. The minimum atomic E-state index is -2.77. The van der Waals surface area contributed by atoms with E-state index in [0.29, 0.717) is 11.3 Å². The molecule has 1 aromatic carbocycles. The Hall–Kier alpha value is -4.63. The van der Waals surface area contributed by atoms with Crippen LogP contribution in [0.1, 0.15) is 50.8 Å². The lowest BCUT2D eigenvalue weighted by molar-refractivity contribution is -0.154. The van der Waals surface area contributed by atoms with Crippen molar-refractivity contribution in [3.63, 3.8) is 0 Å². The van der Waals surface area contributed by atoms with Gasteiger partial charge in [0.25, 0.3) is 5.91 Å². The van der Waals surface area contributed by atoms with Crippen molar-refractivity contribution in [3.8, 4) is 5.75 Å². The van der Waals surface area contributed by atoms with Crippen LogP contribution in [-0.2, 0) is 41.6 Å². The second-order valence-electron chi connectivity index (χ2n) is 14.2. The SMILES string of the molecule is CC(=O)OCOC(=O)N(Cc1cc(N(C)C)c2c(c1O)C(O)=C1C(=O)[C@]3(O)C(O)=C(C(N)=O)C(=O)[C@@H](N(C)C)[C@@H]3C[C@@H]1C2)CC(C)(C)C. The summed E-state index contributed by atoms with van der Waals surface area (Å²) in [5, 5.41) is 46.4. The topological polar surface area (TPSA) is 220 Å². The molecule has 6 N–H and O–H groups in total. The molecule has 262 valence electrons. The number of amides is 2. The van der Waals surface area contributed by atoms with Crippen LogP contribution in [0.4, 0.5) is 10.5 Å². The van der Waals surface area contributed by atoms with Crippen molar-refractivity contribution >= 4 is 41.0 Å². The molecule has 2 amide bonds. The van der Waals surface area contributed by atoms with Gasteiger partial charge in [0, 0.05) is 50.3 Å². The Labute approximate surface area is 278 Å². The maximum absolute atomic E-state index is 14.2. The van der Waals surface area contributed by atoms with E-state index >= 15 is 0 Å². The first-order valence-corrected chi connectivity index (χ1v) is 15.4. The molecule has 3 aliphatic carbocycles. The summed E-state index contributed by atoms with van der Waals surface area (Å²) in [6.45, 7) is 6.14. The third kappa shape index (κ3) is 6.19. The number of ketones is 2.